The lowest BCUT2D eigenvalue weighted by Gasteiger charge is -2.26. The smallest absolute Gasteiger partial charge is 0.191 e. The van der Waals surface area contributed by atoms with Crippen molar-refractivity contribution in [1.82, 2.24) is 15.5 Å². The van der Waals surface area contributed by atoms with E-state index in [1.54, 1.807) is 6.26 Å². The Hall–Kier alpha value is -2.45. The van der Waals surface area contributed by atoms with Crippen LogP contribution in [0.4, 0.5) is 8.78 Å². The van der Waals surface area contributed by atoms with Crippen molar-refractivity contribution in [2.24, 2.45) is 4.99 Å². The van der Waals surface area contributed by atoms with Gasteiger partial charge in [0.2, 0.25) is 0 Å². The number of benzene rings is 1. The number of morpholine rings is 1. The van der Waals surface area contributed by atoms with Crippen molar-refractivity contribution in [3.8, 4) is 0 Å². The zero-order chi connectivity index (χ0) is 21.0. The highest BCUT2D eigenvalue weighted by Crippen LogP contribution is 2.09. The number of hydrogen-bond acceptors (Lipinski definition) is 4. The van der Waals surface area contributed by atoms with Crippen molar-refractivity contribution in [1.29, 1.82) is 0 Å². The Balaban J connectivity index is 1.46. The first-order valence-electron chi connectivity index (χ1n) is 10.5. The quantitative estimate of drug-likeness (QED) is 0.352. The van der Waals surface area contributed by atoms with E-state index in [2.05, 4.69) is 20.5 Å². The fourth-order valence-electron chi connectivity index (χ4n) is 3.29. The average Bonchev–Trinajstić information content (AvgIpc) is 3.27. The summed E-state index contributed by atoms with van der Waals surface area (Å²) in [7, 11) is 0. The maximum absolute atomic E-state index is 13.8. The largest absolute Gasteiger partial charge is 0.469 e. The molecule has 2 N–H and O–H groups in total. The van der Waals surface area contributed by atoms with Gasteiger partial charge in [-0.05, 0) is 48.7 Å². The molecule has 0 saturated carbocycles. The van der Waals surface area contributed by atoms with Crippen molar-refractivity contribution < 1.29 is 17.9 Å². The summed E-state index contributed by atoms with van der Waals surface area (Å²) in [5, 5.41) is 6.51. The third-order valence-corrected chi connectivity index (χ3v) is 4.94. The average molecular weight is 421 g/mol. The molecule has 2 heterocycles. The molecule has 6 nitrogen and oxygen atoms in total. The van der Waals surface area contributed by atoms with Crippen LogP contribution in [0.5, 0.6) is 0 Å². The van der Waals surface area contributed by atoms with Gasteiger partial charge in [0.15, 0.2) is 5.96 Å². The molecule has 1 saturated heterocycles. The standard InChI is InChI=1S/C22H30F2N4O2/c23-19-4-5-21(24)18(17-19)6-9-26-22(27-10-7-20-3-1-14-30-20)25-8-2-11-28-12-15-29-16-13-28/h1,3-5,14,17H,2,6-13,15-16H2,(H2,25,26,27). The van der Waals surface area contributed by atoms with E-state index in [9.17, 15) is 8.78 Å². The Morgan fingerprint density at radius 2 is 1.87 bits per heavy atom. The SMILES string of the molecule is Fc1ccc(F)c(CCNC(=NCCCN2CCOCC2)NCCc2ccco2)c1. The Morgan fingerprint density at radius 1 is 1.07 bits per heavy atom. The molecule has 8 heteroatoms. The number of aliphatic imine (C=N–C) groups is 1. The van der Waals surface area contributed by atoms with Gasteiger partial charge in [0.1, 0.15) is 17.4 Å². The highest BCUT2D eigenvalue weighted by Gasteiger charge is 2.09. The van der Waals surface area contributed by atoms with Crippen LogP contribution in [0, 0.1) is 11.6 Å². The molecule has 1 aliphatic heterocycles. The molecule has 0 aliphatic carbocycles. The highest BCUT2D eigenvalue weighted by atomic mass is 19.1. The Bertz CT molecular complexity index is 777. The Morgan fingerprint density at radius 3 is 2.63 bits per heavy atom. The molecule has 0 atom stereocenters. The number of nitrogens with zero attached hydrogens (tertiary/aromatic N) is 2. The molecule has 3 rings (SSSR count). The van der Waals surface area contributed by atoms with Crippen molar-refractivity contribution in [3.63, 3.8) is 0 Å². The van der Waals surface area contributed by atoms with Gasteiger partial charge in [0, 0.05) is 45.7 Å². The lowest BCUT2D eigenvalue weighted by Crippen LogP contribution is -2.40. The van der Waals surface area contributed by atoms with Crippen molar-refractivity contribution in [2.75, 3.05) is 52.5 Å². The predicted molar refractivity (Wildman–Crippen MR) is 113 cm³/mol. The van der Waals surface area contributed by atoms with Crippen LogP contribution >= 0.6 is 0 Å². The van der Waals surface area contributed by atoms with Gasteiger partial charge in [-0.25, -0.2) is 8.78 Å². The fraction of sp³-hybridized carbons (Fsp3) is 0.500. The molecule has 0 radical (unpaired) electrons. The molecule has 164 valence electrons. The highest BCUT2D eigenvalue weighted by molar-refractivity contribution is 5.79. The lowest BCUT2D eigenvalue weighted by atomic mass is 10.1. The van der Waals surface area contributed by atoms with Gasteiger partial charge in [-0.2, -0.15) is 0 Å². The maximum Gasteiger partial charge on any atom is 0.191 e. The van der Waals surface area contributed by atoms with Crippen LogP contribution in [0.3, 0.4) is 0 Å². The molecule has 0 unspecified atom stereocenters. The first-order valence-corrected chi connectivity index (χ1v) is 10.5. The van der Waals surface area contributed by atoms with E-state index in [1.165, 1.54) is 6.07 Å². The van der Waals surface area contributed by atoms with E-state index in [0.717, 1.165) is 63.6 Å². The monoisotopic (exact) mass is 420 g/mol. The summed E-state index contributed by atoms with van der Waals surface area (Å²) in [6, 6.07) is 7.32. The summed E-state index contributed by atoms with van der Waals surface area (Å²) in [4.78, 5) is 7.01. The number of ether oxygens (including phenoxy) is 1. The summed E-state index contributed by atoms with van der Waals surface area (Å²) in [6.45, 7) is 6.31. The summed E-state index contributed by atoms with van der Waals surface area (Å²) in [5.41, 5.74) is 0.352. The van der Waals surface area contributed by atoms with E-state index in [0.29, 0.717) is 37.6 Å². The van der Waals surface area contributed by atoms with Crippen LogP contribution in [0.2, 0.25) is 0 Å². The number of halogens is 2. The second-order valence-electron chi connectivity index (χ2n) is 7.21. The molecule has 1 fully saturated rings. The van der Waals surface area contributed by atoms with Crippen molar-refractivity contribution in [2.45, 2.75) is 19.3 Å². The molecule has 30 heavy (non-hydrogen) atoms. The van der Waals surface area contributed by atoms with Crippen LogP contribution in [-0.4, -0.2) is 63.3 Å². The third kappa shape index (κ3) is 7.76. The van der Waals surface area contributed by atoms with Gasteiger partial charge in [-0.15, -0.1) is 0 Å². The van der Waals surface area contributed by atoms with Crippen LogP contribution in [0.1, 0.15) is 17.7 Å². The summed E-state index contributed by atoms with van der Waals surface area (Å²) < 4.78 is 37.9. The summed E-state index contributed by atoms with van der Waals surface area (Å²) in [6.07, 6.45) is 3.71. The topological polar surface area (TPSA) is 62.0 Å². The number of furan rings is 1. The molecule has 0 amide bonds. The Kier molecular flexibility index (Phi) is 9.11. The van der Waals surface area contributed by atoms with E-state index in [-0.39, 0.29) is 0 Å². The van der Waals surface area contributed by atoms with E-state index < -0.39 is 11.6 Å². The second-order valence-corrected chi connectivity index (χ2v) is 7.21. The zero-order valence-electron chi connectivity index (χ0n) is 17.2. The molecule has 0 bridgehead atoms. The molecule has 2 aromatic rings. The van der Waals surface area contributed by atoms with Gasteiger partial charge < -0.3 is 19.8 Å². The second kappa shape index (κ2) is 12.3. The molecule has 1 aromatic heterocycles. The minimum absolute atomic E-state index is 0.352. The zero-order valence-corrected chi connectivity index (χ0v) is 17.2. The molecule has 0 spiro atoms. The molecule has 1 aromatic carbocycles. The molecular weight excluding hydrogens is 390 g/mol. The third-order valence-electron chi connectivity index (χ3n) is 4.94. The number of guanidine groups is 1. The molecular formula is C22H30F2N4O2. The van der Waals surface area contributed by atoms with E-state index >= 15 is 0 Å². The van der Waals surface area contributed by atoms with Crippen molar-refractivity contribution >= 4 is 5.96 Å². The van der Waals surface area contributed by atoms with Gasteiger partial charge in [0.05, 0.1) is 19.5 Å². The van der Waals surface area contributed by atoms with Crippen molar-refractivity contribution in [3.05, 3.63) is 59.6 Å². The van der Waals surface area contributed by atoms with Gasteiger partial charge in [-0.1, -0.05) is 0 Å². The fourth-order valence-corrected chi connectivity index (χ4v) is 3.29. The maximum atomic E-state index is 13.8. The number of rotatable bonds is 10. The van der Waals surface area contributed by atoms with Crippen LogP contribution in [0.15, 0.2) is 46.0 Å². The van der Waals surface area contributed by atoms with Gasteiger partial charge in [0.25, 0.3) is 0 Å². The van der Waals surface area contributed by atoms with E-state index in [4.69, 9.17) is 9.15 Å². The first kappa shape index (κ1) is 22.2. The molecule has 1 aliphatic rings. The Labute approximate surface area is 176 Å². The summed E-state index contributed by atoms with van der Waals surface area (Å²) in [5.74, 6) is 0.740. The predicted octanol–water partition coefficient (Wildman–Crippen LogP) is 2.60. The number of nitrogens with one attached hydrogen (secondary N) is 2. The lowest BCUT2D eigenvalue weighted by molar-refractivity contribution is 0.0377. The van der Waals surface area contributed by atoms with E-state index in [1.807, 2.05) is 12.1 Å². The van der Waals surface area contributed by atoms with Crippen LogP contribution in [0.25, 0.3) is 0 Å². The minimum atomic E-state index is -0.431. The first-order chi connectivity index (χ1) is 14.7. The normalized spacial score (nSPS) is 15.3. The van der Waals surface area contributed by atoms with Gasteiger partial charge in [-0.3, -0.25) is 9.89 Å². The summed E-state index contributed by atoms with van der Waals surface area (Å²) >= 11 is 0. The van der Waals surface area contributed by atoms with Crippen LogP contribution < -0.4 is 10.6 Å². The van der Waals surface area contributed by atoms with Gasteiger partial charge >= 0.3 is 0 Å². The minimum Gasteiger partial charge on any atom is -0.469 e. The van der Waals surface area contributed by atoms with Crippen LogP contribution in [-0.2, 0) is 17.6 Å². The number of hydrogen-bond donors (Lipinski definition) is 2.